The van der Waals surface area contributed by atoms with E-state index < -0.39 is 0 Å². The fourth-order valence-corrected chi connectivity index (χ4v) is 4.64. The Morgan fingerprint density at radius 3 is 2.77 bits per heavy atom. The Morgan fingerprint density at radius 2 is 1.91 bits per heavy atom. The molecule has 4 aromatic heterocycles. The molecule has 6 rings (SSSR count). The normalized spacial score (nSPS) is 14.4. The van der Waals surface area contributed by atoms with E-state index in [9.17, 15) is 0 Å². The molecular formula is C26H25N7O2. The summed E-state index contributed by atoms with van der Waals surface area (Å²) in [7, 11) is 0. The van der Waals surface area contributed by atoms with Gasteiger partial charge < -0.3 is 15.2 Å². The second-order valence-corrected chi connectivity index (χ2v) is 8.53. The molecule has 0 unspecified atom stereocenters. The first kappa shape index (κ1) is 21.3. The molecule has 9 heteroatoms. The van der Waals surface area contributed by atoms with Gasteiger partial charge in [-0.15, -0.1) is 0 Å². The molecule has 5 aromatic rings. The van der Waals surface area contributed by atoms with Crippen molar-refractivity contribution in [2.24, 2.45) is 0 Å². The van der Waals surface area contributed by atoms with E-state index in [0.717, 1.165) is 65.4 Å². The molecule has 0 spiro atoms. The zero-order valence-electron chi connectivity index (χ0n) is 19.1. The minimum absolute atomic E-state index is 0.283. The third-order valence-electron chi connectivity index (χ3n) is 6.33. The Hall–Kier alpha value is -4.24. The van der Waals surface area contributed by atoms with Crippen molar-refractivity contribution in [3.63, 3.8) is 0 Å². The van der Waals surface area contributed by atoms with Crippen LogP contribution >= 0.6 is 0 Å². The quantitative estimate of drug-likeness (QED) is 0.400. The molecule has 1 saturated heterocycles. The minimum atomic E-state index is 0.283. The maximum Gasteiger partial charge on any atom is 0.152 e. The third kappa shape index (κ3) is 4.10. The van der Waals surface area contributed by atoms with Crippen LogP contribution in [-0.2, 0) is 11.3 Å². The van der Waals surface area contributed by atoms with Crippen molar-refractivity contribution >= 4 is 11.3 Å². The van der Waals surface area contributed by atoms with Crippen molar-refractivity contribution < 1.29 is 9.47 Å². The number of aromatic nitrogens is 6. The van der Waals surface area contributed by atoms with Gasteiger partial charge in [-0.3, -0.25) is 9.67 Å². The van der Waals surface area contributed by atoms with Gasteiger partial charge in [0, 0.05) is 36.7 Å². The summed E-state index contributed by atoms with van der Waals surface area (Å²) >= 11 is 0. The summed E-state index contributed by atoms with van der Waals surface area (Å²) in [6, 6.07) is 16.4. The van der Waals surface area contributed by atoms with Gasteiger partial charge in [0.2, 0.25) is 0 Å². The van der Waals surface area contributed by atoms with Gasteiger partial charge in [-0.2, -0.15) is 10.2 Å². The predicted octanol–water partition coefficient (Wildman–Crippen LogP) is 4.17. The number of nitrogens with zero attached hydrogens (tertiary/aromatic N) is 6. The van der Waals surface area contributed by atoms with Gasteiger partial charge in [-0.1, -0.05) is 18.2 Å². The number of hydrogen-bond acceptors (Lipinski definition) is 7. The summed E-state index contributed by atoms with van der Waals surface area (Å²) in [5.74, 6) is 1.16. The second kappa shape index (κ2) is 9.19. The van der Waals surface area contributed by atoms with E-state index in [4.69, 9.17) is 15.2 Å². The van der Waals surface area contributed by atoms with Gasteiger partial charge in [-0.05, 0) is 48.7 Å². The fraction of sp³-hybridized carbons (Fsp3) is 0.231. The largest absolute Gasteiger partial charge is 0.487 e. The van der Waals surface area contributed by atoms with Gasteiger partial charge in [-0.25, -0.2) is 9.50 Å². The number of benzene rings is 1. The van der Waals surface area contributed by atoms with Crippen LogP contribution in [0.15, 0.2) is 73.4 Å². The van der Waals surface area contributed by atoms with E-state index in [2.05, 4.69) is 43.0 Å². The van der Waals surface area contributed by atoms with E-state index in [1.54, 1.807) is 12.4 Å². The highest BCUT2D eigenvalue weighted by Crippen LogP contribution is 2.36. The number of anilines is 1. The lowest BCUT2D eigenvalue weighted by Gasteiger charge is -2.24. The smallest absolute Gasteiger partial charge is 0.152 e. The van der Waals surface area contributed by atoms with E-state index >= 15 is 0 Å². The third-order valence-corrected chi connectivity index (χ3v) is 6.33. The summed E-state index contributed by atoms with van der Waals surface area (Å²) < 4.78 is 15.4. The highest BCUT2D eigenvalue weighted by Gasteiger charge is 2.23. The molecule has 1 aromatic carbocycles. The molecule has 176 valence electrons. The number of nitrogen functional groups attached to an aromatic ring is 1. The predicted molar refractivity (Wildman–Crippen MR) is 132 cm³/mol. The Morgan fingerprint density at radius 1 is 1.00 bits per heavy atom. The van der Waals surface area contributed by atoms with Crippen molar-refractivity contribution in [2.45, 2.75) is 25.5 Å². The van der Waals surface area contributed by atoms with Gasteiger partial charge in [0.05, 0.1) is 23.6 Å². The fourth-order valence-electron chi connectivity index (χ4n) is 4.64. The molecule has 0 saturated carbocycles. The van der Waals surface area contributed by atoms with Crippen LogP contribution in [0.5, 0.6) is 5.75 Å². The van der Waals surface area contributed by atoms with Gasteiger partial charge in [0.1, 0.15) is 24.2 Å². The van der Waals surface area contributed by atoms with Gasteiger partial charge in [0.25, 0.3) is 0 Å². The van der Waals surface area contributed by atoms with Crippen LogP contribution in [0.2, 0.25) is 0 Å². The molecule has 35 heavy (non-hydrogen) atoms. The summed E-state index contributed by atoms with van der Waals surface area (Å²) in [6.45, 7) is 1.92. The Kier molecular flexibility index (Phi) is 5.59. The monoisotopic (exact) mass is 467 g/mol. The topological polar surface area (TPSA) is 105 Å². The van der Waals surface area contributed by atoms with Crippen molar-refractivity contribution in [3.8, 4) is 28.3 Å². The molecule has 0 aliphatic carbocycles. The van der Waals surface area contributed by atoms with E-state index in [1.165, 1.54) is 6.33 Å². The molecular weight excluding hydrogens is 442 g/mol. The number of fused-ring (bicyclic) bond motifs is 1. The first-order chi connectivity index (χ1) is 17.3. The lowest BCUT2D eigenvalue weighted by atomic mass is 10.1. The molecule has 1 fully saturated rings. The lowest BCUT2D eigenvalue weighted by molar-refractivity contribution is 0.0667. The minimum Gasteiger partial charge on any atom is -0.487 e. The van der Waals surface area contributed by atoms with E-state index in [1.807, 2.05) is 41.0 Å². The van der Waals surface area contributed by atoms with Crippen molar-refractivity contribution in [1.82, 2.24) is 29.4 Å². The molecule has 0 atom stereocenters. The van der Waals surface area contributed by atoms with Gasteiger partial charge >= 0.3 is 0 Å². The average Bonchev–Trinajstić information content (AvgIpc) is 3.55. The van der Waals surface area contributed by atoms with Crippen LogP contribution in [0.4, 0.5) is 5.82 Å². The van der Waals surface area contributed by atoms with E-state index in [-0.39, 0.29) is 6.04 Å². The zero-order chi connectivity index (χ0) is 23.6. The van der Waals surface area contributed by atoms with Crippen LogP contribution in [-0.4, -0.2) is 42.6 Å². The summed E-state index contributed by atoms with van der Waals surface area (Å²) in [4.78, 5) is 8.38. The van der Waals surface area contributed by atoms with Crippen LogP contribution in [0.3, 0.4) is 0 Å². The standard InChI is InChI=1S/C26H25N7O2/c27-26-25-22(23-6-10-30-32(23)20-7-11-34-12-8-20)14-24(33(25)31-17-29-26)19-4-1-3-18(13-19)16-35-21-5-2-9-28-15-21/h1-6,9-10,13-15,17,20H,7-8,11-12,16H2,(H2,27,29,31). The summed E-state index contributed by atoms with van der Waals surface area (Å²) in [6.07, 6.45) is 8.62. The average molecular weight is 468 g/mol. The molecule has 1 aliphatic rings. The maximum atomic E-state index is 6.38. The summed E-state index contributed by atoms with van der Waals surface area (Å²) in [5, 5.41) is 9.20. The van der Waals surface area contributed by atoms with Crippen molar-refractivity contribution in [3.05, 3.63) is 79.0 Å². The van der Waals surface area contributed by atoms with Gasteiger partial charge in [0.15, 0.2) is 5.82 Å². The molecule has 0 bridgehead atoms. The number of hydrogen-bond donors (Lipinski definition) is 1. The SMILES string of the molecule is Nc1ncnn2c(-c3cccc(COc4cccnc4)c3)cc(-c3ccnn3C3CCOCC3)c12. The highest BCUT2D eigenvalue weighted by molar-refractivity contribution is 5.90. The van der Waals surface area contributed by atoms with Crippen LogP contribution in [0, 0.1) is 0 Å². The van der Waals surface area contributed by atoms with Crippen LogP contribution < -0.4 is 10.5 Å². The molecule has 0 radical (unpaired) electrons. The number of ether oxygens (including phenoxy) is 2. The maximum absolute atomic E-state index is 6.38. The summed E-state index contributed by atoms with van der Waals surface area (Å²) in [5.41, 5.74) is 12.1. The first-order valence-corrected chi connectivity index (χ1v) is 11.6. The zero-order valence-corrected chi connectivity index (χ0v) is 19.1. The Labute approximate surface area is 202 Å². The molecule has 1 aliphatic heterocycles. The van der Waals surface area contributed by atoms with Crippen molar-refractivity contribution in [1.29, 1.82) is 0 Å². The first-order valence-electron chi connectivity index (χ1n) is 11.6. The molecule has 0 amide bonds. The number of rotatable bonds is 6. The highest BCUT2D eigenvalue weighted by atomic mass is 16.5. The van der Waals surface area contributed by atoms with Crippen LogP contribution in [0.25, 0.3) is 28.0 Å². The van der Waals surface area contributed by atoms with Crippen LogP contribution in [0.1, 0.15) is 24.4 Å². The lowest BCUT2D eigenvalue weighted by Crippen LogP contribution is -2.21. The molecule has 9 nitrogen and oxygen atoms in total. The molecule has 2 N–H and O–H groups in total. The van der Waals surface area contributed by atoms with E-state index in [0.29, 0.717) is 12.4 Å². The second-order valence-electron chi connectivity index (χ2n) is 8.53. The number of pyridine rings is 1. The van der Waals surface area contributed by atoms with Crippen molar-refractivity contribution in [2.75, 3.05) is 18.9 Å². The Balaban J connectivity index is 1.40. The Bertz CT molecular complexity index is 1460. The molecule has 5 heterocycles. The number of nitrogens with two attached hydrogens (primary N) is 1.